The minimum atomic E-state index is -0.433. The van der Waals surface area contributed by atoms with Crippen LogP contribution in [0, 0.1) is 11.6 Å². The van der Waals surface area contributed by atoms with Gasteiger partial charge in [-0.05, 0) is 29.8 Å². The van der Waals surface area contributed by atoms with E-state index >= 15 is 0 Å². The average molecular weight is 272 g/mol. The van der Waals surface area contributed by atoms with Crippen molar-refractivity contribution >= 4 is 10.9 Å². The summed E-state index contributed by atoms with van der Waals surface area (Å²) < 4.78 is 28.9. The highest BCUT2D eigenvalue weighted by Crippen LogP contribution is 2.22. The maximum Gasteiger partial charge on any atom is 0.128 e. The van der Waals surface area contributed by atoms with Crippen LogP contribution in [-0.2, 0) is 13.1 Å². The number of nitrogens with two attached hydrogens (primary N) is 1. The molecule has 2 nitrogen and oxygen atoms in total. The second-order valence-electron chi connectivity index (χ2n) is 4.74. The predicted octanol–water partition coefficient (Wildman–Crippen LogP) is 3.43. The van der Waals surface area contributed by atoms with Crippen molar-refractivity contribution in [1.82, 2.24) is 4.57 Å². The van der Waals surface area contributed by atoms with E-state index < -0.39 is 11.6 Å². The Morgan fingerprint density at radius 1 is 1.00 bits per heavy atom. The predicted molar refractivity (Wildman–Crippen MR) is 75.3 cm³/mol. The third-order valence-corrected chi connectivity index (χ3v) is 3.44. The first-order chi connectivity index (χ1) is 9.69. The highest BCUT2D eigenvalue weighted by molar-refractivity contribution is 5.84. The number of hydrogen-bond donors (Lipinski definition) is 1. The van der Waals surface area contributed by atoms with Gasteiger partial charge in [0.05, 0.1) is 6.54 Å². The molecule has 3 aromatic rings. The molecule has 20 heavy (non-hydrogen) atoms. The topological polar surface area (TPSA) is 30.9 Å². The Morgan fingerprint density at radius 3 is 2.60 bits per heavy atom. The van der Waals surface area contributed by atoms with Crippen LogP contribution in [0.2, 0.25) is 0 Å². The van der Waals surface area contributed by atoms with E-state index in [9.17, 15) is 8.78 Å². The van der Waals surface area contributed by atoms with Gasteiger partial charge in [0.15, 0.2) is 0 Å². The van der Waals surface area contributed by atoms with Crippen LogP contribution < -0.4 is 5.73 Å². The molecule has 2 N–H and O–H groups in total. The lowest BCUT2D eigenvalue weighted by Crippen LogP contribution is -2.01. The van der Waals surface area contributed by atoms with Crippen LogP contribution in [0.4, 0.5) is 8.78 Å². The molecule has 0 fully saturated rings. The molecular weight excluding hydrogens is 258 g/mol. The maximum absolute atomic E-state index is 13.7. The summed E-state index contributed by atoms with van der Waals surface area (Å²) in [6, 6.07) is 11.3. The molecular formula is C16H14F2N2. The van der Waals surface area contributed by atoms with Crippen molar-refractivity contribution in [3.63, 3.8) is 0 Å². The van der Waals surface area contributed by atoms with Crippen molar-refractivity contribution in [3.05, 3.63) is 71.4 Å². The Kier molecular flexibility index (Phi) is 3.24. The number of fused-ring (bicyclic) bond motifs is 1. The summed E-state index contributed by atoms with van der Waals surface area (Å²) in [6.45, 7) is 0.698. The summed E-state index contributed by atoms with van der Waals surface area (Å²) in [5.41, 5.74) is 8.02. The molecule has 0 saturated heterocycles. The summed E-state index contributed by atoms with van der Waals surface area (Å²) in [4.78, 5) is 0. The largest absolute Gasteiger partial charge is 0.343 e. The van der Waals surface area contributed by atoms with Gasteiger partial charge in [0, 0.05) is 29.2 Å². The van der Waals surface area contributed by atoms with Gasteiger partial charge in [-0.2, -0.15) is 0 Å². The van der Waals surface area contributed by atoms with Crippen LogP contribution in [0.3, 0.4) is 0 Å². The molecule has 4 heteroatoms. The monoisotopic (exact) mass is 272 g/mol. The normalized spacial score (nSPS) is 11.2. The van der Waals surface area contributed by atoms with E-state index in [1.165, 1.54) is 6.07 Å². The summed E-state index contributed by atoms with van der Waals surface area (Å²) in [5, 5.41) is 1.05. The zero-order valence-electron chi connectivity index (χ0n) is 10.8. The summed E-state index contributed by atoms with van der Waals surface area (Å²) >= 11 is 0. The van der Waals surface area contributed by atoms with Crippen molar-refractivity contribution in [1.29, 1.82) is 0 Å². The molecule has 0 aliphatic rings. The Hall–Kier alpha value is -2.20. The Bertz CT molecular complexity index is 762. The first kappa shape index (κ1) is 12.8. The minimum absolute atomic E-state index is 0.282. The lowest BCUT2D eigenvalue weighted by Gasteiger charge is -2.07. The van der Waals surface area contributed by atoms with Crippen molar-refractivity contribution in [2.45, 2.75) is 13.1 Å². The number of nitrogens with zero attached hydrogens (tertiary/aromatic N) is 1. The minimum Gasteiger partial charge on any atom is -0.343 e. The zero-order chi connectivity index (χ0) is 14.1. The zero-order valence-corrected chi connectivity index (χ0v) is 10.8. The molecule has 1 heterocycles. The van der Waals surface area contributed by atoms with Crippen LogP contribution in [-0.4, -0.2) is 4.57 Å². The van der Waals surface area contributed by atoms with Crippen molar-refractivity contribution in [3.8, 4) is 0 Å². The van der Waals surface area contributed by atoms with E-state index in [0.717, 1.165) is 28.6 Å². The van der Waals surface area contributed by atoms with E-state index in [1.54, 1.807) is 0 Å². The van der Waals surface area contributed by atoms with Crippen LogP contribution in [0.1, 0.15) is 11.1 Å². The first-order valence-electron chi connectivity index (χ1n) is 6.40. The standard InChI is InChI=1S/C16H14F2N2/c17-13-5-6-15(18)11(7-13)9-20-10-12(8-19)14-3-1-2-4-16(14)20/h1-7,10H,8-9,19H2. The molecule has 0 radical (unpaired) electrons. The molecule has 0 bridgehead atoms. The Labute approximate surface area is 115 Å². The van der Waals surface area contributed by atoms with Crippen molar-refractivity contribution in [2.24, 2.45) is 5.73 Å². The molecule has 2 aromatic carbocycles. The van der Waals surface area contributed by atoms with Gasteiger partial charge < -0.3 is 10.3 Å². The van der Waals surface area contributed by atoms with Gasteiger partial charge in [-0.1, -0.05) is 18.2 Å². The number of benzene rings is 2. The molecule has 0 amide bonds. The van der Waals surface area contributed by atoms with Gasteiger partial charge >= 0.3 is 0 Å². The number of para-hydroxylation sites is 1. The first-order valence-corrected chi connectivity index (χ1v) is 6.40. The summed E-state index contributed by atoms with van der Waals surface area (Å²) in [7, 11) is 0. The van der Waals surface area contributed by atoms with E-state index in [-0.39, 0.29) is 6.54 Å². The van der Waals surface area contributed by atoms with Crippen LogP contribution in [0.5, 0.6) is 0 Å². The fraction of sp³-hybridized carbons (Fsp3) is 0.125. The maximum atomic E-state index is 13.7. The molecule has 0 aliphatic carbocycles. The van der Waals surface area contributed by atoms with Crippen LogP contribution in [0.25, 0.3) is 10.9 Å². The molecule has 3 rings (SSSR count). The van der Waals surface area contributed by atoms with E-state index in [4.69, 9.17) is 5.73 Å². The fourth-order valence-corrected chi connectivity index (χ4v) is 2.46. The molecule has 0 spiro atoms. The molecule has 102 valence electrons. The van der Waals surface area contributed by atoms with Gasteiger partial charge in [0.25, 0.3) is 0 Å². The van der Waals surface area contributed by atoms with Crippen molar-refractivity contribution < 1.29 is 8.78 Å². The smallest absolute Gasteiger partial charge is 0.128 e. The number of halogens is 2. The number of hydrogen-bond acceptors (Lipinski definition) is 1. The Balaban J connectivity index is 2.09. The lowest BCUT2D eigenvalue weighted by molar-refractivity contribution is 0.579. The SMILES string of the molecule is NCc1cn(Cc2cc(F)ccc2F)c2ccccc12. The van der Waals surface area contributed by atoms with Gasteiger partial charge in [0.2, 0.25) is 0 Å². The Morgan fingerprint density at radius 2 is 1.80 bits per heavy atom. The quantitative estimate of drug-likeness (QED) is 0.778. The lowest BCUT2D eigenvalue weighted by atomic mass is 10.2. The number of aromatic nitrogens is 1. The number of rotatable bonds is 3. The fourth-order valence-electron chi connectivity index (χ4n) is 2.46. The average Bonchev–Trinajstić information content (AvgIpc) is 2.81. The molecule has 1 aromatic heterocycles. The van der Waals surface area contributed by atoms with E-state index in [0.29, 0.717) is 12.1 Å². The van der Waals surface area contributed by atoms with Gasteiger partial charge in [-0.15, -0.1) is 0 Å². The van der Waals surface area contributed by atoms with Gasteiger partial charge in [0.1, 0.15) is 11.6 Å². The van der Waals surface area contributed by atoms with Crippen LogP contribution >= 0.6 is 0 Å². The molecule has 0 atom stereocenters. The highest BCUT2D eigenvalue weighted by atomic mass is 19.1. The van der Waals surface area contributed by atoms with Crippen LogP contribution in [0.15, 0.2) is 48.7 Å². The third-order valence-electron chi connectivity index (χ3n) is 3.44. The second kappa shape index (κ2) is 5.06. The van der Waals surface area contributed by atoms with E-state index in [2.05, 4.69) is 0 Å². The van der Waals surface area contributed by atoms with E-state index in [1.807, 2.05) is 35.0 Å². The highest BCUT2D eigenvalue weighted by Gasteiger charge is 2.10. The second-order valence-corrected chi connectivity index (χ2v) is 4.74. The van der Waals surface area contributed by atoms with Gasteiger partial charge in [-0.3, -0.25) is 0 Å². The molecule has 0 saturated carbocycles. The summed E-state index contributed by atoms with van der Waals surface area (Å²) in [5.74, 6) is -0.838. The molecule has 0 aliphatic heterocycles. The van der Waals surface area contributed by atoms with Crippen molar-refractivity contribution in [2.75, 3.05) is 0 Å². The third kappa shape index (κ3) is 2.18. The van der Waals surface area contributed by atoms with Gasteiger partial charge in [-0.25, -0.2) is 8.78 Å². The summed E-state index contributed by atoms with van der Waals surface area (Å²) in [6.07, 6.45) is 1.90. The molecule has 0 unspecified atom stereocenters.